The number of carbonyl (C=O) groups is 1. The van der Waals surface area contributed by atoms with Gasteiger partial charge in [-0.25, -0.2) is 17.9 Å². The molecule has 1 aromatic carbocycles. The molecule has 2 heterocycles. The van der Waals surface area contributed by atoms with Crippen LogP contribution in [-0.2, 0) is 14.6 Å². The number of carbonyl (C=O) groups excluding carboxylic acids is 1. The van der Waals surface area contributed by atoms with E-state index in [1.165, 1.54) is 22.3 Å². The standard InChI is InChI=1S/C21H18Cl2N4O4S2/c1-3-31-21(28)17-16(23)18(27(26-17)15-10-5-4-9-14(15)22)20-25-24-19(32-20)12-7-6-8-13(11-12)33(2,29)30/h4-10,13H,3,11H2,1-2H3. The van der Waals surface area contributed by atoms with Crippen molar-refractivity contribution in [3.63, 3.8) is 0 Å². The molecule has 0 bridgehead atoms. The smallest absolute Gasteiger partial charge is 0.360 e. The summed E-state index contributed by atoms with van der Waals surface area (Å²) in [6, 6.07) is 6.97. The molecule has 0 radical (unpaired) electrons. The number of ether oxygens (including phenoxy) is 1. The second-order valence-corrected chi connectivity index (χ2v) is 11.2. The summed E-state index contributed by atoms with van der Waals surface area (Å²) in [6.07, 6.45) is 6.65. The maximum atomic E-state index is 12.4. The molecule has 0 fully saturated rings. The Morgan fingerprint density at radius 1 is 1.24 bits per heavy atom. The summed E-state index contributed by atoms with van der Waals surface area (Å²) in [6.45, 7) is 1.85. The van der Waals surface area contributed by atoms with Crippen molar-refractivity contribution in [2.24, 2.45) is 0 Å². The Hall–Kier alpha value is -2.53. The lowest BCUT2D eigenvalue weighted by atomic mass is 10.1. The van der Waals surface area contributed by atoms with Crippen molar-refractivity contribution in [1.29, 1.82) is 0 Å². The van der Waals surface area contributed by atoms with Gasteiger partial charge in [-0.1, -0.05) is 64.9 Å². The Morgan fingerprint density at radius 3 is 2.67 bits per heavy atom. The summed E-state index contributed by atoms with van der Waals surface area (Å²) in [5.74, 6) is -0.671. The molecule has 172 valence electrons. The van der Waals surface area contributed by atoms with E-state index in [1.807, 2.05) is 6.08 Å². The summed E-state index contributed by atoms with van der Waals surface area (Å²) in [4.78, 5) is 12.4. The van der Waals surface area contributed by atoms with Gasteiger partial charge in [0.05, 0.1) is 22.6 Å². The molecular formula is C21H18Cl2N4O4S2. The summed E-state index contributed by atoms with van der Waals surface area (Å²) < 4.78 is 30.5. The fourth-order valence-electron chi connectivity index (χ4n) is 3.26. The Morgan fingerprint density at radius 2 is 1.97 bits per heavy atom. The van der Waals surface area contributed by atoms with Crippen molar-refractivity contribution in [2.45, 2.75) is 18.6 Å². The van der Waals surface area contributed by atoms with Crippen LogP contribution in [0.5, 0.6) is 0 Å². The first-order chi connectivity index (χ1) is 15.7. The molecule has 1 aliphatic carbocycles. The van der Waals surface area contributed by atoms with Crippen molar-refractivity contribution in [3.8, 4) is 16.4 Å². The predicted molar refractivity (Wildman–Crippen MR) is 129 cm³/mol. The Bertz CT molecular complexity index is 1390. The van der Waals surface area contributed by atoms with Crippen molar-refractivity contribution in [2.75, 3.05) is 12.9 Å². The predicted octanol–water partition coefficient (Wildman–Crippen LogP) is 4.63. The minimum Gasteiger partial charge on any atom is -0.461 e. The number of esters is 1. The van der Waals surface area contributed by atoms with Crippen LogP contribution in [0.3, 0.4) is 0 Å². The first-order valence-corrected chi connectivity index (χ1v) is 13.3. The van der Waals surface area contributed by atoms with Gasteiger partial charge in [0.25, 0.3) is 0 Å². The number of nitrogens with zero attached hydrogens (tertiary/aromatic N) is 4. The number of allylic oxidation sites excluding steroid dienone is 3. The zero-order valence-corrected chi connectivity index (χ0v) is 20.7. The van der Waals surface area contributed by atoms with E-state index in [1.54, 1.807) is 43.3 Å². The molecule has 0 N–H and O–H groups in total. The number of sulfone groups is 1. The molecular weight excluding hydrogens is 507 g/mol. The maximum absolute atomic E-state index is 12.4. The molecule has 0 saturated heterocycles. The van der Waals surface area contributed by atoms with Crippen molar-refractivity contribution < 1.29 is 17.9 Å². The number of hydrogen-bond acceptors (Lipinski definition) is 8. The van der Waals surface area contributed by atoms with E-state index >= 15 is 0 Å². The van der Waals surface area contributed by atoms with E-state index in [-0.39, 0.29) is 23.7 Å². The Labute approximate surface area is 204 Å². The Kier molecular flexibility index (Phi) is 6.71. The highest BCUT2D eigenvalue weighted by Crippen LogP contribution is 2.38. The second-order valence-electron chi connectivity index (χ2n) is 7.16. The van der Waals surface area contributed by atoms with Crippen LogP contribution in [0.4, 0.5) is 0 Å². The van der Waals surface area contributed by atoms with Gasteiger partial charge in [-0.05, 0) is 31.1 Å². The van der Waals surface area contributed by atoms with Crippen LogP contribution in [0, 0.1) is 0 Å². The van der Waals surface area contributed by atoms with E-state index in [9.17, 15) is 13.2 Å². The van der Waals surface area contributed by atoms with Gasteiger partial charge >= 0.3 is 5.97 Å². The fraction of sp³-hybridized carbons (Fsp3) is 0.238. The lowest BCUT2D eigenvalue weighted by Crippen LogP contribution is -2.19. The third-order valence-corrected chi connectivity index (χ3v) is 7.98. The highest BCUT2D eigenvalue weighted by molar-refractivity contribution is 7.91. The van der Waals surface area contributed by atoms with E-state index < -0.39 is 21.1 Å². The highest BCUT2D eigenvalue weighted by Gasteiger charge is 2.29. The largest absolute Gasteiger partial charge is 0.461 e. The highest BCUT2D eigenvalue weighted by atomic mass is 35.5. The van der Waals surface area contributed by atoms with Crippen LogP contribution in [-0.4, -0.2) is 52.5 Å². The third kappa shape index (κ3) is 4.74. The van der Waals surface area contributed by atoms with Crippen LogP contribution < -0.4 is 0 Å². The molecule has 0 saturated carbocycles. The lowest BCUT2D eigenvalue weighted by Gasteiger charge is -2.14. The minimum atomic E-state index is -3.25. The molecule has 4 rings (SSSR count). The molecule has 0 amide bonds. The number of benzene rings is 1. The average Bonchev–Trinajstić information content (AvgIpc) is 3.38. The monoisotopic (exact) mass is 524 g/mol. The van der Waals surface area contributed by atoms with Crippen LogP contribution >= 0.6 is 34.5 Å². The summed E-state index contributed by atoms with van der Waals surface area (Å²) in [5, 5.41) is 13.6. The quantitative estimate of drug-likeness (QED) is 0.432. The van der Waals surface area contributed by atoms with Crippen molar-refractivity contribution >= 4 is 55.9 Å². The van der Waals surface area contributed by atoms with Gasteiger partial charge in [0.2, 0.25) is 0 Å². The van der Waals surface area contributed by atoms with Gasteiger partial charge < -0.3 is 4.74 Å². The summed E-state index contributed by atoms with van der Waals surface area (Å²) in [7, 11) is -3.25. The normalized spacial score (nSPS) is 16.0. The third-order valence-electron chi connectivity index (χ3n) is 4.87. The molecule has 0 spiro atoms. The number of halogens is 2. The molecule has 33 heavy (non-hydrogen) atoms. The molecule has 2 aromatic heterocycles. The molecule has 12 heteroatoms. The van der Waals surface area contributed by atoms with Crippen LogP contribution in [0.15, 0.2) is 42.5 Å². The van der Waals surface area contributed by atoms with E-state index in [0.29, 0.717) is 26.4 Å². The molecule has 3 aromatic rings. The number of rotatable bonds is 6. The van der Waals surface area contributed by atoms with Gasteiger partial charge in [0.15, 0.2) is 20.5 Å². The minimum absolute atomic E-state index is 0.0580. The molecule has 1 aliphatic rings. The van der Waals surface area contributed by atoms with Crippen molar-refractivity contribution in [3.05, 3.63) is 63.2 Å². The van der Waals surface area contributed by atoms with Gasteiger partial charge in [0, 0.05) is 6.26 Å². The number of hydrogen-bond donors (Lipinski definition) is 0. The van der Waals surface area contributed by atoms with Crippen LogP contribution in [0.25, 0.3) is 22.0 Å². The topological polar surface area (TPSA) is 104 Å². The van der Waals surface area contributed by atoms with Crippen molar-refractivity contribution in [1.82, 2.24) is 20.0 Å². The van der Waals surface area contributed by atoms with Gasteiger partial charge in [-0.2, -0.15) is 5.10 Å². The first kappa shape index (κ1) is 23.6. The molecule has 1 atom stereocenters. The second kappa shape index (κ2) is 9.38. The van der Waals surface area contributed by atoms with Gasteiger partial charge in [-0.3, -0.25) is 0 Å². The average molecular weight is 525 g/mol. The lowest BCUT2D eigenvalue weighted by molar-refractivity contribution is 0.0519. The number of para-hydroxylation sites is 1. The zero-order chi connectivity index (χ0) is 23.8. The van der Waals surface area contributed by atoms with Crippen LogP contribution in [0.2, 0.25) is 10.0 Å². The molecule has 0 aliphatic heterocycles. The first-order valence-electron chi connectivity index (χ1n) is 9.81. The van der Waals surface area contributed by atoms with E-state index in [4.69, 9.17) is 27.9 Å². The number of aromatic nitrogens is 4. The van der Waals surface area contributed by atoms with E-state index in [0.717, 1.165) is 5.57 Å². The molecule has 8 nitrogen and oxygen atoms in total. The SMILES string of the molecule is CCOC(=O)c1nn(-c2ccccc2Cl)c(-c2nnc(C3=CC=CC(S(C)(=O)=O)C3)s2)c1Cl. The summed E-state index contributed by atoms with van der Waals surface area (Å²) in [5.41, 5.74) is 1.51. The van der Waals surface area contributed by atoms with Gasteiger partial charge in [-0.15, -0.1) is 10.2 Å². The van der Waals surface area contributed by atoms with Crippen LogP contribution in [0.1, 0.15) is 28.8 Å². The zero-order valence-electron chi connectivity index (χ0n) is 17.5. The van der Waals surface area contributed by atoms with Gasteiger partial charge in [0.1, 0.15) is 15.7 Å². The Balaban J connectivity index is 1.81. The maximum Gasteiger partial charge on any atom is 0.360 e. The fourth-order valence-corrected chi connectivity index (χ4v) is 5.59. The van der Waals surface area contributed by atoms with E-state index in [2.05, 4.69) is 15.3 Å². The molecule has 1 unspecified atom stereocenters. The summed E-state index contributed by atoms with van der Waals surface area (Å²) >= 11 is 14.2.